The number of hydrogen-bond donors (Lipinski definition) is 3. The van der Waals surface area contributed by atoms with Crippen molar-refractivity contribution >= 4 is 6.03 Å². The van der Waals surface area contributed by atoms with Gasteiger partial charge in [-0.25, -0.2) is 9.18 Å². The van der Waals surface area contributed by atoms with E-state index in [-0.39, 0.29) is 29.9 Å². The second-order valence-corrected chi connectivity index (χ2v) is 5.76. The molecule has 5 heteroatoms. The van der Waals surface area contributed by atoms with Gasteiger partial charge in [0.25, 0.3) is 0 Å². The molecule has 0 heterocycles. The molecule has 0 aliphatic heterocycles. The first-order valence-corrected chi connectivity index (χ1v) is 7.51. The molecule has 2 rings (SSSR count). The zero-order valence-corrected chi connectivity index (χ0v) is 12.4. The van der Waals surface area contributed by atoms with Crippen molar-refractivity contribution in [3.8, 4) is 0 Å². The van der Waals surface area contributed by atoms with Gasteiger partial charge in [-0.2, -0.15) is 0 Å². The van der Waals surface area contributed by atoms with Crippen LogP contribution in [0.5, 0.6) is 0 Å². The summed E-state index contributed by atoms with van der Waals surface area (Å²) in [6.45, 7) is 2.38. The van der Waals surface area contributed by atoms with E-state index in [9.17, 15) is 9.18 Å². The van der Waals surface area contributed by atoms with E-state index in [1.54, 1.807) is 12.1 Å². The molecule has 1 aliphatic rings. The zero-order valence-electron chi connectivity index (χ0n) is 12.4. The number of carbonyl (C=O) groups is 1. The predicted molar refractivity (Wildman–Crippen MR) is 79.6 cm³/mol. The lowest BCUT2D eigenvalue weighted by Crippen LogP contribution is -2.50. The second kappa shape index (κ2) is 6.89. The first kappa shape index (κ1) is 15.8. The summed E-state index contributed by atoms with van der Waals surface area (Å²) in [6, 6.07) is 6.06. The molecule has 0 bridgehead atoms. The van der Waals surface area contributed by atoms with Gasteiger partial charge in [-0.3, -0.25) is 0 Å². The molecule has 116 valence electrons. The van der Waals surface area contributed by atoms with Crippen molar-refractivity contribution in [2.45, 2.75) is 44.1 Å². The molecular formula is C16H23FN2O2. The van der Waals surface area contributed by atoms with Crippen molar-refractivity contribution < 1.29 is 14.3 Å². The van der Waals surface area contributed by atoms with E-state index in [0.29, 0.717) is 13.0 Å². The Hall–Kier alpha value is -1.62. The van der Waals surface area contributed by atoms with Crippen LogP contribution in [0.25, 0.3) is 0 Å². The molecule has 0 spiro atoms. The number of rotatable bonds is 6. The fourth-order valence-corrected chi connectivity index (χ4v) is 2.74. The van der Waals surface area contributed by atoms with E-state index >= 15 is 0 Å². The Morgan fingerprint density at radius 3 is 2.52 bits per heavy atom. The maximum Gasteiger partial charge on any atom is 0.315 e. The summed E-state index contributed by atoms with van der Waals surface area (Å²) in [6.07, 6.45) is 3.80. The number of amides is 2. The number of aliphatic hydroxyl groups is 1. The van der Waals surface area contributed by atoms with Gasteiger partial charge in [0, 0.05) is 12.0 Å². The Labute approximate surface area is 124 Å². The van der Waals surface area contributed by atoms with Crippen LogP contribution in [-0.2, 0) is 5.41 Å². The third kappa shape index (κ3) is 3.73. The van der Waals surface area contributed by atoms with Crippen molar-refractivity contribution in [1.29, 1.82) is 0 Å². The smallest absolute Gasteiger partial charge is 0.315 e. The van der Waals surface area contributed by atoms with Crippen molar-refractivity contribution in [2.24, 2.45) is 0 Å². The van der Waals surface area contributed by atoms with E-state index < -0.39 is 0 Å². The molecule has 2 amide bonds. The number of nitrogens with one attached hydrogen (secondary N) is 2. The second-order valence-electron chi connectivity index (χ2n) is 5.76. The molecule has 1 aromatic rings. The summed E-state index contributed by atoms with van der Waals surface area (Å²) in [7, 11) is 0. The molecule has 1 atom stereocenters. The SMILES string of the molecule is CCC(CO)NC(=O)NCC1(c2ccc(F)cc2)CCC1. The van der Waals surface area contributed by atoms with Crippen molar-refractivity contribution in [1.82, 2.24) is 10.6 Å². The molecule has 1 fully saturated rings. The lowest BCUT2D eigenvalue weighted by Gasteiger charge is -2.42. The maximum atomic E-state index is 13.0. The van der Waals surface area contributed by atoms with Crippen LogP contribution >= 0.6 is 0 Å². The topological polar surface area (TPSA) is 61.4 Å². The Morgan fingerprint density at radius 1 is 1.38 bits per heavy atom. The quantitative estimate of drug-likeness (QED) is 0.754. The number of benzene rings is 1. The zero-order chi connectivity index (χ0) is 15.3. The molecule has 1 aliphatic carbocycles. The highest BCUT2D eigenvalue weighted by atomic mass is 19.1. The predicted octanol–water partition coefficient (Wildman–Crippen LogP) is 2.32. The highest BCUT2D eigenvalue weighted by Gasteiger charge is 2.38. The molecular weight excluding hydrogens is 271 g/mol. The normalized spacial score (nSPS) is 17.7. The fourth-order valence-electron chi connectivity index (χ4n) is 2.74. The van der Waals surface area contributed by atoms with Gasteiger partial charge >= 0.3 is 6.03 Å². The molecule has 1 aromatic carbocycles. The van der Waals surface area contributed by atoms with E-state index in [0.717, 1.165) is 24.8 Å². The van der Waals surface area contributed by atoms with Crippen LogP contribution in [0.15, 0.2) is 24.3 Å². The Morgan fingerprint density at radius 2 is 2.05 bits per heavy atom. The van der Waals surface area contributed by atoms with Gasteiger partial charge in [-0.1, -0.05) is 25.5 Å². The van der Waals surface area contributed by atoms with Crippen LogP contribution < -0.4 is 10.6 Å². The fraction of sp³-hybridized carbons (Fsp3) is 0.562. The Bertz CT molecular complexity index is 468. The molecule has 1 saturated carbocycles. The minimum absolute atomic E-state index is 0.0625. The minimum Gasteiger partial charge on any atom is -0.394 e. The molecule has 0 radical (unpaired) electrons. The third-order valence-electron chi connectivity index (χ3n) is 4.40. The highest BCUT2D eigenvalue weighted by Crippen LogP contribution is 2.43. The van der Waals surface area contributed by atoms with Crippen molar-refractivity contribution in [2.75, 3.05) is 13.2 Å². The van der Waals surface area contributed by atoms with Gasteiger partial charge in [0.15, 0.2) is 0 Å². The summed E-state index contributed by atoms with van der Waals surface area (Å²) < 4.78 is 13.0. The standard InChI is InChI=1S/C16H23FN2O2/c1-2-14(10-20)19-15(21)18-11-16(8-3-9-16)12-4-6-13(17)7-5-12/h4-7,14,20H,2-3,8-11H2,1H3,(H2,18,19,21). The summed E-state index contributed by atoms with van der Waals surface area (Å²) >= 11 is 0. The van der Waals surface area contributed by atoms with Gasteiger partial charge in [0.1, 0.15) is 5.82 Å². The maximum absolute atomic E-state index is 13.0. The number of aliphatic hydroxyl groups excluding tert-OH is 1. The lowest BCUT2D eigenvalue weighted by atomic mass is 9.64. The average Bonchev–Trinajstić information content (AvgIpc) is 2.45. The van der Waals surface area contributed by atoms with E-state index in [1.807, 2.05) is 6.92 Å². The average molecular weight is 294 g/mol. The van der Waals surface area contributed by atoms with Gasteiger partial charge in [0.2, 0.25) is 0 Å². The Balaban J connectivity index is 1.93. The van der Waals surface area contributed by atoms with Crippen LogP contribution in [0, 0.1) is 5.82 Å². The molecule has 0 saturated heterocycles. The third-order valence-corrected chi connectivity index (χ3v) is 4.40. The van der Waals surface area contributed by atoms with Crippen molar-refractivity contribution in [3.05, 3.63) is 35.6 Å². The van der Waals surface area contributed by atoms with Crippen molar-refractivity contribution in [3.63, 3.8) is 0 Å². The molecule has 21 heavy (non-hydrogen) atoms. The summed E-state index contributed by atoms with van der Waals surface area (Å²) in [5.74, 6) is -0.243. The van der Waals surface area contributed by atoms with Crippen LogP contribution in [0.3, 0.4) is 0 Å². The van der Waals surface area contributed by atoms with Gasteiger partial charge in [0.05, 0.1) is 12.6 Å². The van der Waals surface area contributed by atoms with E-state index in [2.05, 4.69) is 10.6 Å². The minimum atomic E-state index is -0.260. The molecule has 0 aromatic heterocycles. The lowest BCUT2D eigenvalue weighted by molar-refractivity contribution is 0.201. The summed E-state index contributed by atoms with van der Waals surface area (Å²) in [5, 5.41) is 14.7. The van der Waals surface area contributed by atoms with Crippen LogP contribution in [0.2, 0.25) is 0 Å². The number of carbonyl (C=O) groups excluding carboxylic acids is 1. The van der Waals surface area contributed by atoms with Gasteiger partial charge in [-0.05, 0) is 37.0 Å². The summed E-state index contributed by atoms with van der Waals surface area (Å²) in [4.78, 5) is 11.9. The van der Waals surface area contributed by atoms with E-state index in [4.69, 9.17) is 5.11 Å². The largest absolute Gasteiger partial charge is 0.394 e. The molecule has 4 nitrogen and oxygen atoms in total. The number of halogens is 1. The number of hydrogen-bond acceptors (Lipinski definition) is 2. The molecule has 1 unspecified atom stereocenters. The van der Waals surface area contributed by atoms with Crippen LogP contribution in [0.1, 0.15) is 38.2 Å². The molecule has 3 N–H and O–H groups in total. The van der Waals surface area contributed by atoms with Crippen LogP contribution in [-0.4, -0.2) is 30.3 Å². The highest BCUT2D eigenvalue weighted by molar-refractivity contribution is 5.74. The first-order chi connectivity index (χ1) is 10.1. The van der Waals surface area contributed by atoms with Crippen LogP contribution in [0.4, 0.5) is 9.18 Å². The number of urea groups is 1. The monoisotopic (exact) mass is 294 g/mol. The van der Waals surface area contributed by atoms with Gasteiger partial charge < -0.3 is 15.7 Å². The first-order valence-electron chi connectivity index (χ1n) is 7.51. The van der Waals surface area contributed by atoms with Gasteiger partial charge in [-0.15, -0.1) is 0 Å². The summed E-state index contributed by atoms with van der Waals surface area (Å²) in [5.41, 5.74) is 0.996. The van der Waals surface area contributed by atoms with E-state index in [1.165, 1.54) is 12.1 Å². The Kier molecular flexibility index (Phi) is 5.17.